The molecule has 8 nitrogen and oxygen atoms in total. The molecular weight excluding hydrogens is 376 g/mol. The van der Waals surface area contributed by atoms with E-state index in [4.69, 9.17) is 21.1 Å². The Hall–Kier alpha value is -3.26. The third-order valence-electron chi connectivity index (χ3n) is 5.45. The van der Waals surface area contributed by atoms with Gasteiger partial charge in [0.05, 0.1) is 29.3 Å². The fraction of sp³-hybridized carbons (Fsp3) is 0.364. The maximum Gasteiger partial charge on any atom is 0.206 e. The lowest BCUT2D eigenvalue weighted by Crippen LogP contribution is -2.33. The fourth-order valence-electron chi connectivity index (χ4n) is 4.12. The van der Waals surface area contributed by atoms with Crippen LogP contribution in [-0.4, -0.2) is 38.6 Å². The number of H-pyrrole nitrogens is 1. The molecule has 5 N–H and O–H groups in total. The molecule has 1 aliphatic carbocycles. The Balaban J connectivity index is 1.50. The number of aromatic amines is 1. The summed E-state index contributed by atoms with van der Waals surface area (Å²) in [5.41, 5.74) is 12.3. The van der Waals surface area contributed by atoms with Crippen molar-refractivity contribution in [1.82, 2.24) is 25.3 Å². The molecule has 2 aromatic heterocycles. The molecule has 4 rings (SSSR count). The van der Waals surface area contributed by atoms with Crippen LogP contribution in [0.15, 0.2) is 47.7 Å². The smallest absolute Gasteiger partial charge is 0.206 e. The number of hydrogen-bond donors (Lipinski definition) is 4. The monoisotopic (exact) mass is 404 g/mol. The minimum atomic E-state index is -0.150. The van der Waals surface area contributed by atoms with Crippen LogP contribution in [0.3, 0.4) is 0 Å². The Morgan fingerprint density at radius 3 is 3.10 bits per heavy atom. The van der Waals surface area contributed by atoms with Gasteiger partial charge < -0.3 is 10.7 Å². The zero-order chi connectivity index (χ0) is 20.8. The van der Waals surface area contributed by atoms with E-state index in [-0.39, 0.29) is 12.0 Å². The lowest BCUT2D eigenvalue weighted by atomic mass is 9.90. The number of nitrogens with one attached hydrogen (secondary N) is 3. The lowest BCUT2D eigenvalue weighted by molar-refractivity contribution is 0.161. The standard InChI is InChI=1S/C22H28N8/c23-22(24)29-26-13-3-4-14-30(15-20-27-17-9-1-2-10-18(17)28-20)19-11-5-7-16-8-6-12-25-21(16)19/h1-2,6,8-10,12-13,19H,3-5,7,11,14-15H2,(H,27,28)(H4,23,24,29)/b26-13+. The quantitative estimate of drug-likeness (QED) is 0.199. The number of fused-ring (bicyclic) bond motifs is 2. The third kappa shape index (κ3) is 4.83. The number of guanidine groups is 1. The number of pyridine rings is 1. The SMILES string of the molecule is N=C(N)N/N=C/CCCN(Cc1nc2ccccc2[nH]1)C1CCCc2cccnc21. The van der Waals surface area contributed by atoms with Gasteiger partial charge >= 0.3 is 0 Å². The van der Waals surface area contributed by atoms with Crippen molar-refractivity contribution in [3.8, 4) is 0 Å². The minimum absolute atomic E-state index is 0.150. The zero-order valence-electron chi connectivity index (χ0n) is 17.0. The average molecular weight is 405 g/mol. The number of imidazole rings is 1. The van der Waals surface area contributed by atoms with E-state index in [9.17, 15) is 0 Å². The molecular formula is C22H28N8. The van der Waals surface area contributed by atoms with Gasteiger partial charge in [-0.3, -0.25) is 15.3 Å². The second-order valence-electron chi connectivity index (χ2n) is 7.61. The first-order valence-corrected chi connectivity index (χ1v) is 10.4. The van der Waals surface area contributed by atoms with Gasteiger partial charge in [0.1, 0.15) is 5.82 Å². The molecule has 0 radical (unpaired) electrons. The zero-order valence-corrected chi connectivity index (χ0v) is 17.0. The molecule has 0 amide bonds. The number of benzene rings is 1. The van der Waals surface area contributed by atoms with Crippen molar-refractivity contribution in [2.75, 3.05) is 6.54 Å². The molecule has 3 aromatic rings. The summed E-state index contributed by atoms with van der Waals surface area (Å²) in [7, 11) is 0. The number of aromatic nitrogens is 3. The average Bonchev–Trinajstić information content (AvgIpc) is 3.17. The maximum atomic E-state index is 7.14. The van der Waals surface area contributed by atoms with E-state index >= 15 is 0 Å². The van der Waals surface area contributed by atoms with E-state index < -0.39 is 0 Å². The summed E-state index contributed by atoms with van der Waals surface area (Å²) in [5.74, 6) is 0.828. The molecule has 0 bridgehead atoms. The van der Waals surface area contributed by atoms with E-state index in [2.05, 4.69) is 32.5 Å². The van der Waals surface area contributed by atoms with Gasteiger partial charge in [-0.25, -0.2) is 10.4 Å². The molecule has 0 fully saturated rings. The Bertz CT molecular complexity index is 992. The number of aryl methyl sites for hydroxylation is 1. The van der Waals surface area contributed by atoms with Crippen LogP contribution in [0, 0.1) is 5.41 Å². The van der Waals surface area contributed by atoms with Gasteiger partial charge in [0.2, 0.25) is 5.96 Å². The predicted molar refractivity (Wildman–Crippen MR) is 119 cm³/mol. The molecule has 0 spiro atoms. The van der Waals surface area contributed by atoms with Crippen molar-refractivity contribution in [2.45, 2.75) is 44.7 Å². The van der Waals surface area contributed by atoms with E-state index in [0.717, 1.165) is 55.6 Å². The van der Waals surface area contributed by atoms with Gasteiger partial charge in [0.15, 0.2) is 0 Å². The number of hydrogen-bond acceptors (Lipinski definition) is 5. The highest BCUT2D eigenvalue weighted by molar-refractivity contribution is 5.75. The van der Waals surface area contributed by atoms with E-state index in [1.54, 1.807) is 6.21 Å². The number of nitrogens with zero attached hydrogens (tertiary/aromatic N) is 4. The summed E-state index contributed by atoms with van der Waals surface area (Å²) in [6, 6.07) is 12.7. The van der Waals surface area contributed by atoms with Gasteiger partial charge in [-0.2, -0.15) is 5.10 Å². The number of unbranched alkanes of at least 4 members (excludes halogenated alkanes) is 1. The fourth-order valence-corrected chi connectivity index (χ4v) is 4.12. The molecule has 30 heavy (non-hydrogen) atoms. The second kappa shape index (κ2) is 9.49. The minimum Gasteiger partial charge on any atom is -0.369 e. The Morgan fingerprint density at radius 2 is 2.23 bits per heavy atom. The van der Waals surface area contributed by atoms with Crippen molar-refractivity contribution in [1.29, 1.82) is 5.41 Å². The lowest BCUT2D eigenvalue weighted by Gasteiger charge is -2.34. The van der Waals surface area contributed by atoms with Gasteiger partial charge in [0, 0.05) is 12.4 Å². The molecule has 2 heterocycles. The van der Waals surface area contributed by atoms with E-state index in [1.807, 2.05) is 30.5 Å². The molecule has 1 atom stereocenters. The van der Waals surface area contributed by atoms with Crippen LogP contribution >= 0.6 is 0 Å². The molecule has 8 heteroatoms. The van der Waals surface area contributed by atoms with Crippen LogP contribution in [-0.2, 0) is 13.0 Å². The van der Waals surface area contributed by atoms with Crippen LogP contribution in [0.2, 0.25) is 0 Å². The number of nitrogens with two attached hydrogens (primary N) is 1. The number of hydrazone groups is 1. The van der Waals surface area contributed by atoms with Gasteiger partial charge in [-0.05, 0) is 62.4 Å². The first kappa shape index (κ1) is 20.0. The van der Waals surface area contributed by atoms with Crippen LogP contribution in [0.25, 0.3) is 11.0 Å². The summed E-state index contributed by atoms with van der Waals surface area (Å²) in [4.78, 5) is 15.5. The van der Waals surface area contributed by atoms with Gasteiger partial charge in [-0.15, -0.1) is 0 Å². The molecule has 0 aliphatic heterocycles. The number of rotatable bonds is 8. The van der Waals surface area contributed by atoms with E-state index in [1.165, 1.54) is 17.7 Å². The Kier molecular flexibility index (Phi) is 6.34. The predicted octanol–water partition coefficient (Wildman–Crippen LogP) is 3.09. The highest BCUT2D eigenvalue weighted by atomic mass is 15.3. The summed E-state index contributed by atoms with van der Waals surface area (Å²) >= 11 is 0. The van der Waals surface area contributed by atoms with Crippen molar-refractivity contribution in [3.63, 3.8) is 0 Å². The van der Waals surface area contributed by atoms with Crippen molar-refractivity contribution in [3.05, 3.63) is 59.7 Å². The highest BCUT2D eigenvalue weighted by Gasteiger charge is 2.27. The van der Waals surface area contributed by atoms with Crippen LogP contribution in [0.5, 0.6) is 0 Å². The van der Waals surface area contributed by atoms with Crippen molar-refractivity contribution >= 4 is 23.2 Å². The largest absolute Gasteiger partial charge is 0.369 e. The molecule has 0 saturated carbocycles. The summed E-state index contributed by atoms with van der Waals surface area (Å²) in [6.45, 7) is 1.65. The summed E-state index contributed by atoms with van der Waals surface area (Å²) in [5, 5.41) is 11.1. The maximum absolute atomic E-state index is 7.14. The molecule has 1 unspecified atom stereocenters. The highest BCUT2D eigenvalue weighted by Crippen LogP contribution is 2.33. The normalized spacial score (nSPS) is 16.2. The van der Waals surface area contributed by atoms with E-state index in [0.29, 0.717) is 0 Å². The number of para-hydroxylation sites is 2. The van der Waals surface area contributed by atoms with Crippen molar-refractivity contribution < 1.29 is 0 Å². The van der Waals surface area contributed by atoms with Gasteiger partial charge in [-0.1, -0.05) is 18.2 Å². The molecule has 156 valence electrons. The summed E-state index contributed by atoms with van der Waals surface area (Å²) < 4.78 is 0. The summed E-state index contributed by atoms with van der Waals surface area (Å²) in [6.07, 6.45) is 8.79. The Morgan fingerprint density at radius 1 is 1.33 bits per heavy atom. The molecule has 1 aromatic carbocycles. The topological polar surface area (TPSA) is 119 Å². The van der Waals surface area contributed by atoms with Crippen LogP contribution < -0.4 is 11.2 Å². The van der Waals surface area contributed by atoms with Crippen LogP contribution in [0.4, 0.5) is 0 Å². The first-order valence-electron chi connectivity index (χ1n) is 10.4. The third-order valence-corrected chi connectivity index (χ3v) is 5.45. The van der Waals surface area contributed by atoms with Crippen molar-refractivity contribution in [2.24, 2.45) is 10.8 Å². The molecule has 0 saturated heterocycles. The second-order valence-corrected chi connectivity index (χ2v) is 7.61. The van der Waals surface area contributed by atoms with Gasteiger partial charge in [0.25, 0.3) is 0 Å². The first-order chi connectivity index (χ1) is 14.7. The molecule has 1 aliphatic rings. The van der Waals surface area contributed by atoms with Crippen LogP contribution in [0.1, 0.15) is 48.8 Å². The Labute approximate surface area is 176 Å².